The number of esters is 1. The van der Waals surface area contributed by atoms with E-state index in [2.05, 4.69) is 0 Å². The molecule has 16 heavy (non-hydrogen) atoms. The fraction of sp³-hybridized carbons (Fsp3) is 0.364. The van der Waals surface area contributed by atoms with Gasteiger partial charge in [-0.2, -0.15) is 0 Å². The quantitative estimate of drug-likeness (QED) is 0.638. The van der Waals surface area contributed by atoms with Gasteiger partial charge in [-0.25, -0.2) is 8.42 Å². The minimum atomic E-state index is -2.80. The Morgan fingerprint density at radius 3 is 2.25 bits per heavy atom. The second kappa shape index (κ2) is 5.65. The number of thiol groups is 1. The largest absolute Gasteiger partial charge is 0.446 e. The Hall–Kier alpha value is -1.36. The van der Waals surface area contributed by atoms with Crippen LogP contribution in [0.2, 0.25) is 0 Å². The second-order valence-electron chi connectivity index (χ2n) is 3.48. The van der Waals surface area contributed by atoms with Crippen LogP contribution in [-0.4, -0.2) is 19.8 Å². The molecule has 0 N–H and O–H groups in total. The van der Waals surface area contributed by atoms with Crippen molar-refractivity contribution in [2.45, 2.75) is 25.2 Å². The monoisotopic (exact) mass is 242 g/mol. The molecule has 0 bridgehead atoms. The number of carbonyl (C=O) groups excluding carboxylic acids is 1. The van der Waals surface area contributed by atoms with Crippen LogP contribution in [0.4, 0.5) is 0 Å². The van der Waals surface area contributed by atoms with Crippen LogP contribution in [0.1, 0.15) is 25.3 Å². The van der Waals surface area contributed by atoms with Crippen LogP contribution in [0, 0.1) is 0 Å². The maximum atomic E-state index is 11.0. The molecule has 0 aliphatic carbocycles. The lowest BCUT2D eigenvalue weighted by atomic mass is 10.0. The first-order valence-electron chi connectivity index (χ1n) is 4.88. The van der Waals surface area contributed by atoms with Crippen molar-refractivity contribution in [2.75, 3.05) is 0 Å². The van der Waals surface area contributed by atoms with E-state index in [0.29, 0.717) is 0 Å². The Balaban J connectivity index is 2.91. The van der Waals surface area contributed by atoms with Gasteiger partial charge in [0.2, 0.25) is 5.44 Å². The smallest absolute Gasteiger partial charge is 0.303 e. The lowest BCUT2D eigenvalue weighted by molar-refractivity contribution is -0.143. The van der Waals surface area contributed by atoms with Gasteiger partial charge in [0.15, 0.2) is 10.7 Å². The third-order valence-electron chi connectivity index (χ3n) is 2.25. The number of carbonyl (C=O) groups is 1. The molecule has 2 unspecified atom stereocenters. The summed E-state index contributed by atoms with van der Waals surface area (Å²) in [6, 6.07) is 9.08. The van der Waals surface area contributed by atoms with Gasteiger partial charge in [0, 0.05) is 12.8 Å². The van der Waals surface area contributed by atoms with Crippen molar-refractivity contribution in [3.63, 3.8) is 0 Å². The molecular formula is C11H14O4S. The van der Waals surface area contributed by atoms with Crippen LogP contribution in [-0.2, 0) is 20.2 Å². The zero-order valence-electron chi connectivity index (χ0n) is 9.12. The van der Waals surface area contributed by atoms with Gasteiger partial charge in [-0.15, -0.1) is 0 Å². The van der Waals surface area contributed by atoms with E-state index in [4.69, 9.17) is 4.74 Å². The molecule has 5 heteroatoms. The molecule has 88 valence electrons. The topological polar surface area (TPSA) is 60.4 Å². The predicted molar refractivity (Wildman–Crippen MR) is 60.7 cm³/mol. The summed E-state index contributed by atoms with van der Waals surface area (Å²) >= 11 is 0. The molecule has 0 amide bonds. The Morgan fingerprint density at radius 1 is 1.25 bits per heavy atom. The summed E-state index contributed by atoms with van der Waals surface area (Å²) in [7, 11) is -2.80. The van der Waals surface area contributed by atoms with Gasteiger partial charge in [0.05, 0.1) is 0 Å². The van der Waals surface area contributed by atoms with Gasteiger partial charge in [0.25, 0.3) is 0 Å². The minimum Gasteiger partial charge on any atom is -0.446 e. The van der Waals surface area contributed by atoms with Crippen molar-refractivity contribution >= 4 is 16.7 Å². The number of hydrogen-bond donors (Lipinski definition) is 1. The zero-order chi connectivity index (χ0) is 12.1. The molecule has 1 rings (SSSR count). The van der Waals surface area contributed by atoms with E-state index in [1.54, 1.807) is 19.1 Å². The molecule has 0 radical (unpaired) electrons. The highest BCUT2D eigenvalue weighted by Crippen LogP contribution is 2.21. The maximum Gasteiger partial charge on any atom is 0.303 e. The number of rotatable bonds is 4. The van der Waals surface area contributed by atoms with Crippen molar-refractivity contribution in [1.82, 2.24) is 0 Å². The van der Waals surface area contributed by atoms with E-state index in [-0.39, 0.29) is 5.92 Å². The summed E-state index contributed by atoms with van der Waals surface area (Å²) in [6.07, 6.45) is 0. The number of hydrogen-bond acceptors (Lipinski definition) is 4. The summed E-state index contributed by atoms with van der Waals surface area (Å²) in [6.45, 7) is 2.91. The Kier molecular flexibility index (Phi) is 4.49. The minimum absolute atomic E-state index is 0.369. The van der Waals surface area contributed by atoms with Crippen LogP contribution < -0.4 is 0 Å². The van der Waals surface area contributed by atoms with E-state index in [1.807, 2.05) is 18.2 Å². The fourth-order valence-electron chi connectivity index (χ4n) is 1.42. The third kappa shape index (κ3) is 3.34. The molecular weight excluding hydrogens is 228 g/mol. The number of benzene rings is 1. The second-order valence-corrected chi connectivity index (χ2v) is 4.56. The molecule has 0 aliphatic heterocycles. The number of ether oxygens (including phenoxy) is 1. The Labute approximate surface area is 96.2 Å². The molecule has 4 nitrogen and oxygen atoms in total. The summed E-state index contributed by atoms with van der Waals surface area (Å²) < 4.78 is 26.8. The summed E-state index contributed by atoms with van der Waals surface area (Å²) in [5.41, 5.74) is -0.275. The molecule has 0 aromatic heterocycles. The van der Waals surface area contributed by atoms with Crippen molar-refractivity contribution in [1.29, 1.82) is 0 Å². The maximum absolute atomic E-state index is 11.0. The van der Waals surface area contributed by atoms with Crippen molar-refractivity contribution in [2.24, 2.45) is 0 Å². The highest BCUT2D eigenvalue weighted by Gasteiger charge is 2.24. The van der Waals surface area contributed by atoms with Crippen LogP contribution in [0.15, 0.2) is 30.3 Å². The Bertz CT molecular complexity index is 417. The van der Waals surface area contributed by atoms with Crippen molar-refractivity contribution in [3.8, 4) is 0 Å². The van der Waals surface area contributed by atoms with Gasteiger partial charge in [-0.05, 0) is 5.56 Å². The van der Waals surface area contributed by atoms with Crippen LogP contribution >= 0.6 is 0 Å². The molecule has 2 atom stereocenters. The van der Waals surface area contributed by atoms with Gasteiger partial charge < -0.3 is 4.74 Å². The molecule has 0 aliphatic rings. The van der Waals surface area contributed by atoms with Crippen molar-refractivity contribution in [3.05, 3.63) is 35.9 Å². The lowest BCUT2D eigenvalue weighted by Crippen LogP contribution is -2.24. The molecule has 0 fully saturated rings. The molecule has 1 aromatic rings. The first-order chi connectivity index (χ1) is 7.52. The van der Waals surface area contributed by atoms with Gasteiger partial charge in [0.1, 0.15) is 0 Å². The molecule has 0 saturated heterocycles. The van der Waals surface area contributed by atoms with Crippen molar-refractivity contribution < 1.29 is 17.9 Å². The predicted octanol–water partition coefficient (Wildman–Crippen LogP) is 1.29. The van der Waals surface area contributed by atoms with Crippen LogP contribution in [0.3, 0.4) is 0 Å². The molecule has 0 saturated carbocycles. The van der Waals surface area contributed by atoms with Gasteiger partial charge >= 0.3 is 5.97 Å². The Morgan fingerprint density at radius 2 is 1.81 bits per heavy atom. The average molecular weight is 242 g/mol. The highest BCUT2D eigenvalue weighted by atomic mass is 32.2. The third-order valence-corrected chi connectivity index (χ3v) is 3.22. The first kappa shape index (κ1) is 12.7. The first-order valence-corrected chi connectivity index (χ1v) is 6.12. The lowest BCUT2D eigenvalue weighted by Gasteiger charge is -2.18. The summed E-state index contributed by atoms with van der Waals surface area (Å²) in [4.78, 5) is 10.8. The highest BCUT2D eigenvalue weighted by molar-refractivity contribution is 7.73. The SMILES string of the molecule is CC(=O)OC(C(C)c1ccccc1)[SH](=O)=O. The van der Waals surface area contributed by atoms with Crippen LogP contribution in [0.5, 0.6) is 0 Å². The molecule has 0 heterocycles. The normalized spacial score (nSPS) is 14.4. The average Bonchev–Trinajstić information content (AvgIpc) is 2.25. The van der Waals surface area contributed by atoms with E-state index in [9.17, 15) is 13.2 Å². The van der Waals surface area contributed by atoms with Gasteiger partial charge in [-0.3, -0.25) is 4.79 Å². The van der Waals surface area contributed by atoms with E-state index >= 15 is 0 Å². The standard InChI is InChI=1S/C11H14O4S/c1-8(10-6-4-3-5-7-10)11(16(13)14)15-9(2)12/h3-8,11,16H,1-2H3. The molecule has 0 spiro atoms. The van der Waals surface area contributed by atoms with E-state index in [1.165, 1.54) is 6.92 Å². The molecule has 1 aromatic carbocycles. The van der Waals surface area contributed by atoms with Gasteiger partial charge in [-0.1, -0.05) is 37.3 Å². The van der Waals surface area contributed by atoms with Crippen LogP contribution in [0.25, 0.3) is 0 Å². The zero-order valence-corrected chi connectivity index (χ0v) is 10.0. The van der Waals surface area contributed by atoms with E-state index in [0.717, 1.165) is 5.56 Å². The fourth-order valence-corrected chi connectivity index (χ4v) is 2.19. The van der Waals surface area contributed by atoms with E-state index < -0.39 is 22.1 Å². The summed E-state index contributed by atoms with van der Waals surface area (Å²) in [5.74, 6) is -0.960. The summed E-state index contributed by atoms with van der Waals surface area (Å²) in [5, 5.41) is 0.